The van der Waals surface area contributed by atoms with Crippen molar-refractivity contribution in [3.05, 3.63) is 11.9 Å². The van der Waals surface area contributed by atoms with E-state index in [1.54, 1.807) is 0 Å². The fraction of sp³-hybridized carbons (Fsp3) is 0.800. The van der Waals surface area contributed by atoms with Gasteiger partial charge in [0.05, 0.1) is 5.69 Å². The molecule has 0 aliphatic carbocycles. The molecule has 1 aliphatic heterocycles. The largest absolute Gasteiger partial charge is 0.381 e. The lowest BCUT2D eigenvalue weighted by atomic mass is 9.97. The van der Waals surface area contributed by atoms with Crippen molar-refractivity contribution in [3.8, 4) is 0 Å². The standard InChI is InChI=1S/C10H18N4O/c11-4-1-5-14-8-10(12-13-14)9-2-6-15-7-3-9/h8-9H,1-7,11H2. The molecule has 5 nitrogen and oxygen atoms in total. The first-order chi connectivity index (χ1) is 7.40. The van der Waals surface area contributed by atoms with Gasteiger partial charge in [0.25, 0.3) is 0 Å². The van der Waals surface area contributed by atoms with E-state index in [1.165, 1.54) is 0 Å². The third-order valence-corrected chi connectivity index (χ3v) is 2.79. The Bertz CT molecular complexity index is 293. The highest BCUT2D eigenvalue weighted by Gasteiger charge is 2.18. The van der Waals surface area contributed by atoms with Gasteiger partial charge in [-0.2, -0.15) is 0 Å². The molecule has 5 heteroatoms. The minimum atomic E-state index is 0.533. The Hall–Kier alpha value is -0.940. The second kappa shape index (κ2) is 5.23. The summed E-state index contributed by atoms with van der Waals surface area (Å²) in [5.41, 5.74) is 6.55. The van der Waals surface area contributed by atoms with Crippen LogP contribution in [-0.4, -0.2) is 34.8 Å². The van der Waals surface area contributed by atoms with Crippen LogP contribution in [0.25, 0.3) is 0 Å². The van der Waals surface area contributed by atoms with Gasteiger partial charge in [0.15, 0.2) is 0 Å². The van der Waals surface area contributed by atoms with E-state index in [0.717, 1.165) is 44.7 Å². The number of ether oxygens (including phenoxy) is 1. The summed E-state index contributed by atoms with van der Waals surface area (Å²) in [6.45, 7) is 3.26. The van der Waals surface area contributed by atoms with E-state index in [9.17, 15) is 0 Å². The van der Waals surface area contributed by atoms with Crippen LogP contribution >= 0.6 is 0 Å². The number of rotatable bonds is 4. The second-order valence-corrected chi connectivity index (χ2v) is 3.94. The molecule has 2 heterocycles. The summed E-state index contributed by atoms with van der Waals surface area (Å²) >= 11 is 0. The van der Waals surface area contributed by atoms with Crippen molar-refractivity contribution >= 4 is 0 Å². The van der Waals surface area contributed by atoms with Crippen molar-refractivity contribution < 1.29 is 4.74 Å². The molecule has 0 bridgehead atoms. The minimum absolute atomic E-state index is 0.533. The zero-order chi connectivity index (χ0) is 10.5. The van der Waals surface area contributed by atoms with Crippen molar-refractivity contribution in [2.24, 2.45) is 5.73 Å². The summed E-state index contributed by atoms with van der Waals surface area (Å²) in [5.74, 6) is 0.533. The Labute approximate surface area is 89.6 Å². The van der Waals surface area contributed by atoms with Crippen LogP contribution in [0.3, 0.4) is 0 Å². The Morgan fingerprint density at radius 3 is 3.00 bits per heavy atom. The number of nitrogens with zero attached hydrogens (tertiary/aromatic N) is 3. The van der Waals surface area contributed by atoms with Gasteiger partial charge in [-0.1, -0.05) is 5.21 Å². The maximum atomic E-state index is 5.45. The lowest BCUT2D eigenvalue weighted by molar-refractivity contribution is 0.0845. The molecule has 1 fully saturated rings. The van der Waals surface area contributed by atoms with Crippen molar-refractivity contribution in [1.82, 2.24) is 15.0 Å². The van der Waals surface area contributed by atoms with Crippen molar-refractivity contribution in [1.29, 1.82) is 0 Å². The van der Waals surface area contributed by atoms with Crippen LogP contribution in [0.15, 0.2) is 6.20 Å². The molecule has 0 radical (unpaired) electrons. The first-order valence-corrected chi connectivity index (χ1v) is 5.58. The van der Waals surface area contributed by atoms with Crippen LogP contribution in [0, 0.1) is 0 Å². The molecule has 0 spiro atoms. The lowest BCUT2D eigenvalue weighted by Gasteiger charge is -2.19. The molecule has 2 N–H and O–H groups in total. The zero-order valence-electron chi connectivity index (χ0n) is 8.93. The van der Waals surface area contributed by atoms with E-state index >= 15 is 0 Å². The Morgan fingerprint density at radius 2 is 2.27 bits per heavy atom. The van der Waals surface area contributed by atoms with Crippen LogP contribution in [0.5, 0.6) is 0 Å². The van der Waals surface area contributed by atoms with Crippen LogP contribution in [0.2, 0.25) is 0 Å². The fourth-order valence-electron chi connectivity index (χ4n) is 1.86. The van der Waals surface area contributed by atoms with Gasteiger partial charge in [0.2, 0.25) is 0 Å². The van der Waals surface area contributed by atoms with Gasteiger partial charge < -0.3 is 10.5 Å². The van der Waals surface area contributed by atoms with Crippen LogP contribution < -0.4 is 5.73 Å². The molecule has 15 heavy (non-hydrogen) atoms. The number of hydrogen-bond acceptors (Lipinski definition) is 4. The first-order valence-electron chi connectivity index (χ1n) is 5.58. The molecule has 0 aromatic carbocycles. The smallest absolute Gasteiger partial charge is 0.0859 e. The molecule has 1 saturated heterocycles. The maximum Gasteiger partial charge on any atom is 0.0859 e. The van der Waals surface area contributed by atoms with E-state index in [0.29, 0.717) is 12.5 Å². The highest BCUT2D eigenvalue weighted by atomic mass is 16.5. The lowest BCUT2D eigenvalue weighted by Crippen LogP contribution is -2.14. The van der Waals surface area contributed by atoms with Gasteiger partial charge in [-0.15, -0.1) is 5.10 Å². The second-order valence-electron chi connectivity index (χ2n) is 3.94. The van der Waals surface area contributed by atoms with Crippen molar-refractivity contribution in [3.63, 3.8) is 0 Å². The maximum absolute atomic E-state index is 5.45. The van der Waals surface area contributed by atoms with E-state index in [1.807, 2.05) is 10.9 Å². The molecule has 1 aromatic rings. The zero-order valence-corrected chi connectivity index (χ0v) is 8.93. The van der Waals surface area contributed by atoms with Gasteiger partial charge in [-0.3, -0.25) is 4.68 Å². The predicted molar refractivity (Wildman–Crippen MR) is 56.5 cm³/mol. The first kappa shape index (κ1) is 10.6. The molecular formula is C10H18N4O. The third kappa shape index (κ3) is 2.76. The van der Waals surface area contributed by atoms with Gasteiger partial charge in [0.1, 0.15) is 0 Å². The average molecular weight is 210 g/mol. The molecular weight excluding hydrogens is 192 g/mol. The van der Waals surface area contributed by atoms with Crippen LogP contribution in [-0.2, 0) is 11.3 Å². The third-order valence-electron chi connectivity index (χ3n) is 2.79. The predicted octanol–water partition coefficient (Wildman–Crippen LogP) is 0.521. The van der Waals surface area contributed by atoms with Crippen LogP contribution in [0.4, 0.5) is 0 Å². The Kier molecular flexibility index (Phi) is 3.69. The van der Waals surface area contributed by atoms with Gasteiger partial charge in [-0.05, 0) is 25.8 Å². The fourth-order valence-corrected chi connectivity index (χ4v) is 1.86. The molecule has 0 saturated carbocycles. The van der Waals surface area contributed by atoms with Crippen molar-refractivity contribution in [2.75, 3.05) is 19.8 Å². The molecule has 0 amide bonds. The van der Waals surface area contributed by atoms with E-state index < -0.39 is 0 Å². The van der Waals surface area contributed by atoms with E-state index in [-0.39, 0.29) is 0 Å². The highest BCUT2D eigenvalue weighted by molar-refractivity contribution is 5.02. The van der Waals surface area contributed by atoms with E-state index in [4.69, 9.17) is 10.5 Å². The molecule has 2 rings (SSSR count). The van der Waals surface area contributed by atoms with Gasteiger partial charge in [0, 0.05) is 31.9 Å². The normalized spacial score (nSPS) is 18.2. The SMILES string of the molecule is NCCCn1cc(C2CCOCC2)nn1. The molecule has 0 unspecified atom stereocenters. The number of aromatic nitrogens is 3. The topological polar surface area (TPSA) is 66.0 Å². The summed E-state index contributed by atoms with van der Waals surface area (Å²) in [6, 6.07) is 0. The summed E-state index contributed by atoms with van der Waals surface area (Å²) in [5, 5.41) is 8.31. The molecule has 1 aliphatic rings. The Balaban J connectivity index is 1.93. The molecule has 0 atom stereocenters. The minimum Gasteiger partial charge on any atom is -0.381 e. The summed E-state index contributed by atoms with van der Waals surface area (Å²) < 4.78 is 7.21. The summed E-state index contributed by atoms with van der Waals surface area (Å²) in [7, 11) is 0. The van der Waals surface area contributed by atoms with E-state index in [2.05, 4.69) is 10.3 Å². The molecule has 1 aromatic heterocycles. The van der Waals surface area contributed by atoms with Crippen molar-refractivity contribution in [2.45, 2.75) is 31.7 Å². The summed E-state index contributed by atoms with van der Waals surface area (Å²) in [6.07, 6.45) is 5.13. The average Bonchev–Trinajstić information content (AvgIpc) is 2.76. The number of nitrogens with two attached hydrogens (primary N) is 1. The highest BCUT2D eigenvalue weighted by Crippen LogP contribution is 2.24. The van der Waals surface area contributed by atoms with Gasteiger partial charge in [-0.25, -0.2) is 0 Å². The van der Waals surface area contributed by atoms with Gasteiger partial charge >= 0.3 is 0 Å². The molecule has 84 valence electrons. The number of aryl methyl sites for hydroxylation is 1. The quantitative estimate of drug-likeness (QED) is 0.787. The number of hydrogen-bond donors (Lipinski definition) is 1. The monoisotopic (exact) mass is 210 g/mol. The Morgan fingerprint density at radius 1 is 1.47 bits per heavy atom. The van der Waals surface area contributed by atoms with Crippen LogP contribution in [0.1, 0.15) is 30.9 Å². The summed E-state index contributed by atoms with van der Waals surface area (Å²) in [4.78, 5) is 0.